The maximum absolute atomic E-state index is 13.8. The van der Waals surface area contributed by atoms with Crippen LogP contribution in [0.15, 0.2) is 48.9 Å². The number of hydrogen-bond donors (Lipinski definition) is 2. The Bertz CT molecular complexity index is 1160. The highest BCUT2D eigenvalue weighted by atomic mass is 16.7. The number of carbonyl (C=O) groups excluding carboxylic acids is 2. The third-order valence-electron chi connectivity index (χ3n) is 9.38. The Morgan fingerprint density at radius 3 is 2.51 bits per heavy atom. The van der Waals surface area contributed by atoms with Crippen LogP contribution < -0.4 is 10.6 Å². The molecule has 1 aromatic carbocycles. The lowest BCUT2D eigenvalue weighted by Gasteiger charge is -2.64. The number of amides is 2. The Hall–Kier alpha value is -2.78. The average Bonchev–Trinajstić information content (AvgIpc) is 3.28. The van der Waals surface area contributed by atoms with Gasteiger partial charge in [-0.1, -0.05) is 58.0 Å². The van der Waals surface area contributed by atoms with Crippen molar-refractivity contribution in [3.05, 3.63) is 60.2 Å². The first-order valence-electron chi connectivity index (χ1n) is 14.3. The Morgan fingerprint density at radius 2 is 1.85 bits per heavy atom. The molecular formula is C30H41BN4O4. The number of aromatic nitrogens is 2. The van der Waals surface area contributed by atoms with Crippen molar-refractivity contribution < 1.29 is 18.9 Å². The standard InChI is InChI=1S/C30H41BN4O4/c1-19(2)11-12-26(31-38-25-17-21-16-24(29(21,3)4)30(25,5)39-31)35-27(36)22(15-20-9-7-6-8-10-20)34-28(37)23-18-32-13-14-33-23/h6-10,13-14,18-19,21-22,24-26H,11-12,15-17H2,1-5H3,(H,34,37)(H,35,36)/t21-,22-,24-,25+,26-,30-/m0/s1. The fourth-order valence-electron chi connectivity index (χ4n) is 6.85. The molecule has 0 unspecified atom stereocenters. The molecule has 1 aliphatic heterocycles. The van der Waals surface area contributed by atoms with E-state index >= 15 is 0 Å². The number of rotatable bonds is 10. The highest BCUT2D eigenvalue weighted by Crippen LogP contribution is 2.65. The van der Waals surface area contributed by atoms with Crippen molar-refractivity contribution in [2.75, 3.05) is 0 Å². The normalized spacial score (nSPS) is 28.3. The maximum Gasteiger partial charge on any atom is 0.481 e. The zero-order valence-electron chi connectivity index (χ0n) is 23.7. The quantitative estimate of drug-likeness (QED) is 0.449. The smallest absolute Gasteiger partial charge is 0.404 e. The van der Waals surface area contributed by atoms with Crippen molar-refractivity contribution in [3.8, 4) is 0 Å². The Balaban J connectivity index is 1.34. The molecule has 4 fully saturated rings. The summed E-state index contributed by atoms with van der Waals surface area (Å²) in [5, 5.41) is 6.12. The second-order valence-electron chi connectivity index (χ2n) is 12.7. The molecule has 4 aliphatic rings. The van der Waals surface area contributed by atoms with Crippen LogP contribution in [0.1, 0.15) is 76.4 Å². The van der Waals surface area contributed by atoms with E-state index in [-0.39, 0.29) is 34.7 Å². The number of hydrogen-bond acceptors (Lipinski definition) is 6. The summed E-state index contributed by atoms with van der Waals surface area (Å²) in [5.41, 5.74) is 1.00. The van der Waals surface area contributed by atoms with Gasteiger partial charge in [0.25, 0.3) is 5.91 Å². The van der Waals surface area contributed by atoms with Gasteiger partial charge in [0.05, 0.1) is 23.8 Å². The van der Waals surface area contributed by atoms with E-state index in [0.29, 0.717) is 24.2 Å². The summed E-state index contributed by atoms with van der Waals surface area (Å²) in [6.07, 6.45) is 8.56. The molecule has 2 heterocycles. The fraction of sp³-hybridized carbons (Fsp3) is 0.600. The van der Waals surface area contributed by atoms with E-state index in [1.165, 1.54) is 25.0 Å². The van der Waals surface area contributed by atoms with E-state index in [1.54, 1.807) is 0 Å². The van der Waals surface area contributed by atoms with Gasteiger partial charge in [0, 0.05) is 18.8 Å². The predicted molar refractivity (Wildman–Crippen MR) is 150 cm³/mol. The lowest BCUT2D eigenvalue weighted by Crippen LogP contribution is -2.65. The van der Waals surface area contributed by atoms with Gasteiger partial charge in [-0.2, -0.15) is 0 Å². The summed E-state index contributed by atoms with van der Waals surface area (Å²) < 4.78 is 13.3. The Morgan fingerprint density at radius 1 is 1.08 bits per heavy atom. The number of benzene rings is 1. The van der Waals surface area contributed by atoms with Gasteiger partial charge in [0.2, 0.25) is 5.91 Å². The van der Waals surface area contributed by atoms with Crippen LogP contribution in [0.3, 0.4) is 0 Å². The lowest BCUT2D eigenvalue weighted by atomic mass is 9.43. The molecule has 2 bridgehead atoms. The zero-order valence-corrected chi connectivity index (χ0v) is 23.7. The highest BCUT2D eigenvalue weighted by molar-refractivity contribution is 6.47. The zero-order chi connectivity index (χ0) is 27.8. The molecule has 6 rings (SSSR count). The second-order valence-corrected chi connectivity index (χ2v) is 12.7. The fourth-order valence-corrected chi connectivity index (χ4v) is 6.85. The molecule has 1 saturated heterocycles. The van der Waals surface area contributed by atoms with Crippen LogP contribution in [0.5, 0.6) is 0 Å². The van der Waals surface area contributed by atoms with Crippen LogP contribution in [0.2, 0.25) is 0 Å². The van der Waals surface area contributed by atoms with E-state index in [1.807, 2.05) is 30.3 Å². The summed E-state index contributed by atoms with van der Waals surface area (Å²) in [6, 6.07) is 8.89. The third-order valence-corrected chi connectivity index (χ3v) is 9.38. The third kappa shape index (κ3) is 5.61. The topological polar surface area (TPSA) is 102 Å². The van der Waals surface area contributed by atoms with Crippen molar-refractivity contribution >= 4 is 18.9 Å². The molecule has 3 aliphatic carbocycles. The molecule has 3 saturated carbocycles. The largest absolute Gasteiger partial charge is 0.481 e. The number of nitrogens with one attached hydrogen (secondary N) is 2. The summed E-state index contributed by atoms with van der Waals surface area (Å²) in [4.78, 5) is 34.9. The van der Waals surface area contributed by atoms with Crippen molar-refractivity contribution in [2.45, 2.75) is 90.4 Å². The number of nitrogens with zero attached hydrogens (tertiary/aromatic N) is 2. The van der Waals surface area contributed by atoms with Gasteiger partial charge in [-0.3, -0.25) is 14.6 Å². The van der Waals surface area contributed by atoms with Crippen LogP contribution in [0.4, 0.5) is 0 Å². The van der Waals surface area contributed by atoms with E-state index in [0.717, 1.165) is 24.8 Å². The van der Waals surface area contributed by atoms with Gasteiger partial charge >= 0.3 is 7.12 Å². The molecule has 8 nitrogen and oxygen atoms in total. The first kappa shape index (κ1) is 27.8. The summed E-state index contributed by atoms with van der Waals surface area (Å²) in [6.45, 7) is 11.2. The molecule has 2 aromatic rings. The van der Waals surface area contributed by atoms with Gasteiger partial charge in [0.15, 0.2) is 0 Å². The van der Waals surface area contributed by atoms with Gasteiger partial charge in [-0.15, -0.1) is 0 Å². The molecule has 1 aromatic heterocycles. The van der Waals surface area contributed by atoms with Gasteiger partial charge in [-0.05, 0) is 61.3 Å². The first-order valence-corrected chi connectivity index (χ1v) is 14.3. The van der Waals surface area contributed by atoms with E-state index in [4.69, 9.17) is 9.31 Å². The van der Waals surface area contributed by atoms with E-state index in [2.05, 4.69) is 55.2 Å². The molecule has 2 amide bonds. The van der Waals surface area contributed by atoms with Crippen LogP contribution in [0, 0.1) is 23.2 Å². The first-order chi connectivity index (χ1) is 18.6. The Labute approximate surface area is 232 Å². The van der Waals surface area contributed by atoms with Gasteiger partial charge in [-0.25, -0.2) is 4.98 Å². The molecule has 208 valence electrons. The van der Waals surface area contributed by atoms with E-state index < -0.39 is 19.1 Å². The monoisotopic (exact) mass is 532 g/mol. The van der Waals surface area contributed by atoms with Crippen molar-refractivity contribution in [2.24, 2.45) is 23.2 Å². The highest BCUT2D eigenvalue weighted by Gasteiger charge is 2.68. The predicted octanol–water partition coefficient (Wildman–Crippen LogP) is 4.01. The Kier molecular flexibility index (Phi) is 7.84. The van der Waals surface area contributed by atoms with Crippen LogP contribution in [0.25, 0.3) is 0 Å². The molecule has 6 atom stereocenters. The van der Waals surface area contributed by atoms with Crippen molar-refractivity contribution in [1.82, 2.24) is 20.6 Å². The summed E-state index contributed by atoms with van der Waals surface area (Å²) >= 11 is 0. The minimum atomic E-state index is -0.797. The molecular weight excluding hydrogens is 491 g/mol. The SMILES string of the molecule is CC(C)CC[C@H](NC(=O)[C@H](Cc1ccccc1)NC(=O)c1cnccn1)B1O[C@@H]2C[C@@H]3C[C@@H](C3(C)C)[C@]2(C)O1. The number of carbonyl (C=O) groups is 2. The molecule has 0 spiro atoms. The van der Waals surface area contributed by atoms with Gasteiger partial charge < -0.3 is 19.9 Å². The minimum Gasteiger partial charge on any atom is -0.404 e. The minimum absolute atomic E-state index is 0.0363. The molecule has 2 N–H and O–H groups in total. The second kappa shape index (κ2) is 11.0. The maximum atomic E-state index is 13.8. The van der Waals surface area contributed by atoms with Crippen molar-refractivity contribution in [3.63, 3.8) is 0 Å². The van der Waals surface area contributed by atoms with E-state index in [9.17, 15) is 9.59 Å². The molecule has 39 heavy (non-hydrogen) atoms. The summed E-state index contributed by atoms with van der Waals surface area (Å²) in [5.74, 6) is 0.533. The van der Waals surface area contributed by atoms with Gasteiger partial charge in [0.1, 0.15) is 11.7 Å². The van der Waals surface area contributed by atoms with Crippen molar-refractivity contribution in [1.29, 1.82) is 0 Å². The van der Waals surface area contributed by atoms with Crippen LogP contribution in [-0.2, 0) is 20.5 Å². The summed E-state index contributed by atoms with van der Waals surface area (Å²) in [7, 11) is -0.522. The molecule has 0 radical (unpaired) electrons. The lowest BCUT2D eigenvalue weighted by molar-refractivity contribution is -0.199. The van der Waals surface area contributed by atoms with Crippen LogP contribution in [-0.4, -0.2) is 52.6 Å². The average molecular weight is 532 g/mol. The van der Waals surface area contributed by atoms with Crippen LogP contribution >= 0.6 is 0 Å². The molecule has 9 heteroatoms.